The van der Waals surface area contributed by atoms with E-state index in [-0.39, 0.29) is 0 Å². The Bertz CT molecular complexity index is 390. The molecule has 0 aliphatic heterocycles. The molecule has 19 heavy (non-hydrogen) atoms. The van der Waals surface area contributed by atoms with Crippen LogP contribution < -0.4 is 0 Å². The van der Waals surface area contributed by atoms with Crippen molar-refractivity contribution in [2.75, 3.05) is 34.0 Å². The molecule has 1 unspecified atom stereocenters. The number of nitrogens with zero attached hydrogens (tertiary/aromatic N) is 2. The van der Waals surface area contributed by atoms with Crippen LogP contribution in [0.1, 0.15) is 36.4 Å². The summed E-state index contributed by atoms with van der Waals surface area (Å²) >= 11 is 0. The Kier molecular flexibility index (Phi) is 5.33. The van der Waals surface area contributed by atoms with Crippen molar-refractivity contribution in [3.8, 4) is 0 Å². The lowest BCUT2D eigenvalue weighted by Gasteiger charge is -2.13. The summed E-state index contributed by atoms with van der Waals surface area (Å²) in [6, 6.07) is 1.94. The summed E-state index contributed by atoms with van der Waals surface area (Å²) in [5, 5.41) is 14.6. The molecule has 0 bridgehead atoms. The number of methoxy groups -OCH3 is 2. The smallest absolute Gasteiger partial charge is 0.198 e. The normalized spacial score (nSPS) is 16.8. The standard InChI is InChI=1S/C13H22N2O4/c1-17-6-5-15-12(13(16)19-8-7-18-2)9-11(14-15)10-3-4-10/h9-10,13,16H,3-8H2,1-2H3. The molecule has 6 nitrogen and oxygen atoms in total. The zero-order valence-corrected chi connectivity index (χ0v) is 11.5. The summed E-state index contributed by atoms with van der Waals surface area (Å²) in [6.45, 7) is 1.98. The van der Waals surface area contributed by atoms with Crippen molar-refractivity contribution in [1.29, 1.82) is 0 Å². The zero-order valence-electron chi connectivity index (χ0n) is 11.5. The minimum atomic E-state index is -0.966. The lowest BCUT2D eigenvalue weighted by molar-refractivity contribution is -0.118. The first kappa shape index (κ1) is 14.5. The van der Waals surface area contributed by atoms with Crippen LogP contribution in [0.25, 0.3) is 0 Å². The molecule has 2 rings (SSSR count). The van der Waals surface area contributed by atoms with Crippen LogP contribution in [0, 0.1) is 0 Å². The SMILES string of the molecule is COCCOC(O)c1cc(C2CC2)nn1CCOC. The lowest BCUT2D eigenvalue weighted by Crippen LogP contribution is -2.15. The second kappa shape index (κ2) is 7.00. The van der Waals surface area contributed by atoms with Crippen molar-refractivity contribution in [1.82, 2.24) is 9.78 Å². The monoisotopic (exact) mass is 270 g/mol. The predicted octanol–water partition coefficient (Wildman–Crippen LogP) is 1.06. The highest BCUT2D eigenvalue weighted by Gasteiger charge is 2.28. The van der Waals surface area contributed by atoms with Gasteiger partial charge in [0.2, 0.25) is 0 Å². The Morgan fingerprint density at radius 1 is 1.32 bits per heavy atom. The second-order valence-corrected chi connectivity index (χ2v) is 4.70. The zero-order chi connectivity index (χ0) is 13.7. The van der Waals surface area contributed by atoms with Crippen LogP contribution in [0.2, 0.25) is 0 Å². The van der Waals surface area contributed by atoms with Crippen molar-refractivity contribution < 1.29 is 19.3 Å². The fourth-order valence-corrected chi connectivity index (χ4v) is 1.91. The van der Waals surface area contributed by atoms with Crippen molar-refractivity contribution in [2.24, 2.45) is 0 Å². The molecular formula is C13H22N2O4. The summed E-state index contributed by atoms with van der Waals surface area (Å²) < 4.78 is 17.1. The van der Waals surface area contributed by atoms with E-state index in [0.717, 1.165) is 5.69 Å². The van der Waals surface area contributed by atoms with Crippen molar-refractivity contribution in [3.63, 3.8) is 0 Å². The number of aliphatic hydroxyl groups excluding tert-OH is 1. The molecule has 1 aromatic rings. The van der Waals surface area contributed by atoms with Gasteiger partial charge < -0.3 is 19.3 Å². The van der Waals surface area contributed by atoms with Gasteiger partial charge in [0.15, 0.2) is 6.29 Å². The van der Waals surface area contributed by atoms with E-state index in [1.165, 1.54) is 12.8 Å². The number of aliphatic hydroxyl groups is 1. The van der Waals surface area contributed by atoms with E-state index in [4.69, 9.17) is 14.2 Å². The van der Waals surface area contributed by atoms with Gasteiger partial charge >= 0.3 is 0 Å². The van der Waals surface area contributed by atoms with E-state index in [9.17, 15) is 5.11 Å². The third-order valence-corrected chi connectivity index (χ3v) is 3.15. The van der Waals surface area contributed by atoms with Crippen LogP contribution in [0.4, 0.5) is 0 Å². The molecule has 1 N–H and O–H groups in total. The van der Waals surface area contributed by atoms with Crippen molar-refractivity contribution >= 4 is 0 Å². The third kappa shape index (κ3) is 4.01. The van der Waals surface area contributed by atoms with Gasteiger partial charge in [-0.1, -0.05) is 0 Å². The highest BCUT2D eigenvalue weighted by Crippen LogP contribution is 2.40. The largest absolute Gasteiger partial charge is 0.383 e. The maximum Gasteiger partial charge on any atom is 0.198 e. The number of aromatic nitrogens is 2. The van der Waals surface area contributed by atoms with E-state index >= 15 is 0 Å². The molecule has 0 aromatic carbocycles. The van der Waals surface area contributed by atoms with Crippen LogP contribution in [0.15, 0.2) is 6.07 Å². The Hall–Kier alpha value is -0.950. The molecule has 0 saturated heterocycles. The molecule has 1 saturated carbocycles. The van der Waals surface area contributed by atoms with E-state index in [1.807, 2.05) is 6.07 Å². The average Bonchev–Trinajstić information content (AvgIpc) is 3.17. The average molecular weight is 270 g/mol. The number of hydrogen-bond donors (Lipinski definition) is 1. The minimum Gasteiger partial charge on any atom is -0.383 e. The van der Waals surface area contributed by atoms with Gasteiger partial charge in [0, 0.05) is 20.1 Å². The van der Waals surface area contributed by atoms with Gasteiger partial charge in [0.05, 0.1) is 37.8 Å². The van der Waals surface area contributed by atoms with E-state index in [1.54, 1.807) is 18.9 Å². The highest BCUT2D eigenvalue weighted by atomic mass is 16.6. The van der Waals surface area contributed by atoms with Crippen LogP contribution in [-0.2, 0) is 20.8 Å². The van der Waals surface area contributed by atoms with Crippen molar-refractivity contribution in [2.45, 2.75) is 31.6 Å². The molecule has 1 fully saturated rings. The summed E-state index contributed by atoms with van der Waals surface area (Å²) in [6.07, 6.45) is 1.40. The van der Waals surface area contributed by atoms with Gasteiger partial charge in [-0.15, -0.1) is 0 Å². The van der Waals surface area contributed by atoms with Gasteiger partial charge in [0.25, 0.3) is 0 Å². The molecule has 108 valence electrons. The highest BCUT2D eigenvalue weighted by molar-refractivity contribution is 5.19. The van der Waals surface area contributed by atoms with Crippen LogP contribution in [0.5, 0.6) is 0 Å². The van der Waals surface area contributed by atoms with Gasteiger partial charge in [-0.25, -0.2) is 0 Å². The van der Waals surface area contributed by atoms with Gasteiger partial charge in [-0.2, -0.15) is 5.10 Å². The molecule has 1 aliphatic rings. The molecule has 0 amide bonds. The maximum atomic E-state index is 10.1. The fourth-order valence-electron chi connectivity index (χ4n) is 1.91. The quantitative estimate of drug-likeness (QED) is 0.537. The summed E-state index contributed by atoms with van der Waals surface area (Å²) in [7, 11) is 3.25. The summed E-state index contributed by atoms with van der Waals surface area (Å²) in [5.41, 5.74) is 1.73. The Labute approximate surface area is 113 Å². The Morgan fingerprint density at radius 2 is 2.05 bits per heavy atom. The van der Waals surface area contributed by atoms with Crippen LogP contribution >= 0.6 is 0 Å². The van der Waals surface area contributed by atoms with E-state index < -0.39 is 6.29 Å². The molecule has 1 aromatic heterocycles. The second-order valence-electron chi connectivity index (χ2n) is 4.70. The third-order valence-electron chi connectivity index (χ3n) is 3.15. The predicted molar refractivity (Wildman–Crippen MR) is 68.9 cm³/mol. The minimum absolute atomic E-state index is 0.353. The van der Waals surface area contributed by atoms with Gasteiger partial charge in [0.1, 0.15) is 0 Å². The maximum absolute atomic E-state index is 10.1. The summed E-state index contributed by atoms with van der Waals surface area (Å²) in [4.78, 5) is 0. The Balaban J connectivity index is 2.02. The molecule has 1 heterocycles. The van der Waals surface area contributed by atoms with Crippen LogP contribution in [0.3, 0.4) is 0 Å². The molecule has 0 spiro atoms. The number of hydrogen-bond acceptors (Lipinski definition) is 5. The fraction of sp³-hybridized carbons (Fsp3) is 0.769. The molecule has 1 atom stereocenters. The van der Waals surface area contributed by atoms with Gasteiger partial charge in [-0.3, -0.25) is 4.68 Å². The molecule has 0 radical (unpaired) electrons. The molecular weight excluding hydrogens is 248 g/mol. The van der Waals surface area contributed by atoms with Crippen molar-refractivity contribution in [3.05, 3.63) is 17.5 Å². The topological polar surface area (TPSA) is 65.7 Å². The molecule has 6 heteroatoms. The first-order chi connectivity index (χ1) is 9.26. The summed E-state index contributed by atoms with van der Waals surface area (Å²) in [5.74, 6) is 0.550. The van der Waals surface area contributed by atoms with Gasteiger partial charge in [-0.05, 0) is 18.9 Å². The number of ether oxygens (including phenoxy) is 3. The first-order valence-electron chi connectivity index (χ1n) is 6.61. The number of rotatable bonds is 9. The Morgan fingerprint density at radius 3 is 2.68 bits per heavy atom. The van der Waals surface area contributed by atoms with Crippen LogP contribution in [-0.4, -0.2) is 48.9 Å². The molecule has 1 aliphatic carbocycles. The van der Waals surface area contributed by atoms with E-state index in [2.05, 4.69) is 5.10 Å². The first-order valence-corrected chi connectivity index (χ1v) is 6.61. The lowest BCUT2D eigenvalue weighted by atomic mass is 10.2. The van der Waals surface area contributed by atoms with E-state index in [0.29, 0.717) is 38.0 Å².